The van der Waals surface area contributed by atoms with E-state index in [1.165, 1.54) is 4.90 Å². The Kier molecular flexibility index (Phi) is 4.71. The molecule has 0 spiro atoms. The smallest absolute Gasteiger partial charge is 0.298 e. The standard InChI is InChI=1S/C19H17NO3S/c1-3-14-8-4-5-10-16(14)20-18(21)17(24-19(20)22)12-13-7-6-9-15(11-13)23-2/h4-12H,3H2,1-2H3/b17-12-. The van der Waals surface area contributed by atoms with Crippen LogP contribution in [0.1, 0.15) is 18.1 Å². The fourth-order valence-electron chi connectivity index (χ4n) is 2.59. The van der Waals surface area contributed by atoms with Crippen molar-refractivity contribution < 1.29 is 14.3 Å². The summed E-state index contributed by atoms with van der Waals surface area (Å²) in [4.78, 5) is 26.8. The van der Waals surface area contributed by atoms with Crippen LogP contribution >= 0.6 is 11.8 Å². The molecule has 1 aliphatic rings. The molecule has 4 nitrogen and oxygen atoms in total. The summed E-state index contributed by atoms with van der Waals surface area (Å²) in [5, 5.41) is -0.268. The van der Waals surface area contributed by atoms with Gasteiger partial charge in [-0.3, -0.25) is 9.59 Å². The Morgan fingerprint density at radius 2 is 1.92 bits per heavy atom. The summed E-state index contributed by atoms with van der Waals surface area (Å²) in [5.74, 6) is 0.424. The minimum absolute atomic E-state index is 0.268. The normalized spacial score (nSPS) is 16.1. The lowest BCUT2D eigenvalue weighted by molar-refractivity contribution is -0.113. The first-order valence-electron chi connectivity index (χ1n) is 7.64. The van der Waals surface area contributed by atoms with Gasteiger partial charge < -0.3 is 4.74 Å². The number of thioether (sulfide) groups is 1. The van der Waals surface area contributed by atoms with Crippen molar-refractivity contribution >= 4 is 34.7 Å². The Balaban J connectivity index is 1.95. The van der Waals surface area contributed by atoms with Crippen LogP contribution in [0.4, 0.5) is 10.5 Å². The SMILES string of the molecule is CCc1ccccc1N1C(=O)S/C(=C\c2cccc(OC)c2)C1=O. The molecule has 0 bridgehead atoms. The summed E-state index contributed by atoms with van der Waals surface area (Å²) in [5.41, 5.74) is 2.46. The Hall–Kier alpha value is -2.53. The van der Waals surface area contributed by atoms with Crippen molar-refractivity contribution in [1.29, 1.82) is 0 Å². The Labute approximate surface area is 145 Å². The number of hydrogen-bond acceptors (Lipinski definition) is 4. The highest BCUT2D eigenvalue weighted by Crippen LogP contribution is 2.37. The van der Waals surface area contributed by atoms with Gasteiger partial charge in [0.15, 0.2) is 0 Å². The molecule has 2 amide bonds. The molecular formula is C19H17NO3S. The maximum absolute atomic E-state index is 12.7. The van der Waals surface area contributed by atoms with E-state index in [1.807, 2.05) is 55.5 Å². The highest BCUT2D eigenvalue weighted by molar-refractivity contribution is 8.19. The number of methoxy groups -OCH3 is 1. The first-order chi connectivity index (χ1) is 11.6. The van der Waals surface area contributed by atoms with Crippen molar-refractivity contribution in [3.63, 3.8) is 0 Å². The van der Waals surface area contributed by atoms with Crippen LogP contribution in [0.25, 0.3) is 6.08 Å². The number of hydrogen-bond donors (Lipinski definition) is 0. The number of rotatable bonds is 4. The van der Waals surface area contributed by atoms with Crippen LogP contribution in [0.2, 0.25) is 0 Å². The zero-order chi connectivity index (χ0) is 17.1. The summed E-state index contributed by atoms with van der Waals surface area (Å²) in [6.45, 7) is 2.00. The van der Waals surface area contributed by atoms with Gasteiger partial charge in [-0.2, -0.15) is 0 Å². The van der Waals surface area contributed by atoms with Crippen molar-refractivity contribution in [2.75, 3.05) is 12.0 Å². The van der Waals surface area contributed by atoms with Crippen molar-refractivity contribution in [3.8, 4) is 5.75 Å². The van der Waals surface area contributed by atoms with Gasteiger partial charge in [0.1, 0.15) is 5.75 Å². The van der Waals surface area contributed by atoms with E-state index in [9.17, 15) is 9.59 Å². The van der Waals surface area contributed by atoms with Gasteiger partial charge in [-0.05, 0) is 53.6 Å². The van der Waals surface area contributed by atoms with Crippen molar-refractivity contribution in [2.45, 2.75) is 13.3 Å². The monoisotopic (exact) mass is 339 g/mol. The molecule has 24 heavy (non-hydrogen) atoms. The summed E-state index contributed by atoms with van der Waals surface area (Å²) in [7, 11) is 1.59. The quantitative estimate of drug-likeness (QED) is 0.770. The number of imide groups is 1. The second-order valence-electron chi connectivity index (χ2n) is 5.28. The molecule has 0 aliphatic carbocycles. The predicted octanol–water partition coefficient (Wildman–Crippen LogP) is 4.50. The fourth-order valence-corrected chi connectivity index (χ4v) is 3.42. The first kappa shape index (κ1) is 16.3. The second-order valence-corrected chi connectivity index (χ2v) is 6.27. The van der Waals surface area contributed by atoms with Crippen molar-refractivity contribution in [1.82, 2.24) is 0 Å². The van der Waals surface area contributed by atoms with E-state index >= 15 is 0 Å². The average molecular weight is 339 g/mol. The van der Waals surface area contributed by atoms with E-state index in [4.69, 9.17) is 4.74 Å². The lowest BCUT2D eigenvalue weighted by Crippen LogP contribution is -2.28. The lowest BCUT2D eigenvalue weighted by atomic mass is 10.1. The summed E-state index contributed by atoms with van der Waals surface area (Å²) in [6, 6.07) is 14.9. The molecule has 1 aliphatic heterocycles. The van der Waals surface area contributed by atoms with Crippen LogP contribution in [-0.4, -0.2) is 18.3 Å². The van der Waals surface area contributed by atoms with E-state index in [-0.39, 0.29) is 11.1 Å². The number of ether oxygens (including phenoxy) is 1. The van der Waals surface area contributed by atoms with Crippen LogP contribution < -0.4 is 9.64 Å². The number of para-hydroxylation sites is 1. The molecule has 0 atom stereocenters. The number of amides is 2. The molecule has 0 aromatic heterocycles. The van der Waals surface area contributed by atoms with Crippen LogP contribution in [0, 0.1) is 0 Å². The predicted molar refractivity (Wildman–Crippen MR) is 97.3 cm³/mol. The topological polar surface area (TPSA) is 46.6 Å². The van der Waals surface area contributed by atoms with Crippen molar-refractivity contribution in [2.24, 2.45) is 0 Å². The number of aryl methyl sites for hydroxylation is 1. The number of anilines is 1. The first-order valence-corrected chi connectivity index (χ1v) is 8.45. The van der Waals surface area contributed by atoms with E-state index in [1.54, 1.807) is 13.2 Å². The number of carbonyl (C=O) groups excluding carboxylic acids is 2. The molecule has 0 N–H and O–H groups in total. The zero-order valence-electron chi connectivity index (χ0n) is 13.5. The van der Waals surface area contributed by atoms with Gasteiger partial charge in [-0.1, -0.05) is 37.3 Å². The molecule has 122 valence electrons. The van der Waals surface area contributed by atoms with Gasteiger partial charge in [-0.15, -0.1) is 0 Å². The highest BCUT2D eigenvalue weighted by Gasteiger charge is 2.37. The van der Waals surface area contributed by atoms with Gasteiger partial charge in [0.25, 0.3) is 11.1 Å². The number of benzene rings is 2. The largest absolute Gasteiger partial charge is 0.497 e. The number of carbonyl (C=O) groups is 2. The summed E-state index contributed by atoms with van der Waals surface area (Å²) in [6.07, 6.45) is 2.48. The molecule has 5 heteroatoms. The zero-order valence-corrected chi connectivity index (χ0v) is 14.3. The van der Waals surface area contributed by atoms with Crippen LogP contribution in [0.15, 0.2) is 53.4 Å². The fraction of sp³-hybridized carbons (Fsp3) is 0.158. The average Bonchev–Trinajstić information content (AvgIpc) is 2.88. The summed E-state index contributed by atoms with van der Waals surface area (Å²) < 4.78 is 5.19. The Bertz CT molecular complexity index is 829. The van der Waals surface area contributed by atoms with Crippen LogP contribution in [-0.2, 0) is 11.2 Å². The lowest BCUT2D eigenvalue weighted by Gasteiger charge is -2.16. The summed E-state index contributed by atoms with van der Waals surface area (Å²) >= 11 is 0.962. The van der Waals surface area contributed by atoms with E-state index < -0.39 is 0 Å². The molecule has 1 heterocycles. The maximum atomic E-state index is 12.7. The third-order valence-electron chi connectivity index (χ3n) is 3.80. The second kappa shape index (κ2) is 6.93. The number of nitrogens with zero attached hydrogens (tertiary/aromatic N) is 1. The van der Waals surface area contributed by atoms with E-state index in [0.29, 0.717) is 16.3 Å². The van der Waals surface area contributed by atoms with E-state index in [2.05, 4.69) is 0 Å². The Morgan fingerprint density at radius 1 is 1.12 bits per heavy atom. The third-order valence-corrected chi connectivity index (χ3v) is 4.67. The molecule has 0 radical (unpaired) electrons. The highest BCUT2D eigenvalue weighted by atomic mass is 32.2. The Morgan fingerprint density at radius 3 is 2.67 bits per heavy atom. The molecule has 2 aromatic rings. The van der Waals surface area contributed by atoms with E-state index in [0.717, 1.165) is 29.3 Å². The molecule has 0 unspecified atom stereocenters. The van der Waals surface area contributed by atoms with Gasteiger partial charge >= 0.3 is 0 Å². The van der Waals surface area contributed by atoms with Gasteiger partial charge in [0.05, 0.1) is 17.7 Å². The molecule has 1 saturated heterocycles. The maximum Gasteiger partial charge on any atom is 0.298 e. The van der Waals surface area contributed by atoms with Crippen LogP contribution in [0.5, 0.6) is 5.75 Å². The minimum Gasteiger partial charge on any atom is -0.497 e. The molecule has 2 aromatic carbocycles. The van der Waals surface area contributed by atoms with Gasteiger partial charge in [-0.25, -0.2) is 4.90 Å². The van der Waals surface area contributed by atoms with Crippen LogP contribution in [0.3, 0.4) is 0 Å². The van der Waals surface area contributed by atoms with Gasteiger partial charge in [0, 0.05) is 0 Å². The third kappa shape index (κ3) is 3.08. The molecule has 3 rings (SSSR count). The molecule has 1 fully saturated rings. The molecular weight excluding hydrogens is 322 g/mol. The minimum atomic E-state index is -0.284. The van der Waals surface area contributed by atoms with Gasteiger partial charge in [0.2, 0.25) is 0 Å². The molecule has 0 saturated carbocycles. The van der Waals surface area contributed by atoms with Crippen molar-refractivity contribution in [3.05, 3.63) is 64.6 Å².